The van der Waals surface area contributed by atoms with Gasteiger partial charge in [-0.15, -0.1) is 0 Å². The summed E-state index contributed by atoms with van der Waals surface area (Å²) in [6, 6.07) is 11.4. The molecule has 27 heavy (non-hydrogen) atoms. The lowest BCUT2D eigenvalue weighted by molar-refractivity contribution is -0.0507. The summed E-state index contributed by atoms with van der Waals surface area (Å²) in [5, 5.41) is 14.3. The van der Waals surface area contributed by atoms with E-state index in [1.54, 1.807) is 30.3 Å². The van der Waals surface area contributed by atoms with Gasteiger partial charge in [-0.3, -0.25) is 0 Å². The van der Waals surface area contributed by atoms with Gasteiger partial charge in [-0.25, -0.2) is 9.59 Å². The molecule has 0 aromatic heterocycles. The lowest BCUT2D eigenvalue weighted by Crippen LogP contribution is -2.37. The molecule has 0 saturated carbocycles. The number of amides is 2. The number of ether oxygens (including phenoxy) is 1. The van der Waals surface area contributed by atoms with Crippen LogP contribution in [0.2, 0.25) is 0 Å². The van der Waals surface area contributed by atoms with E-state index < -0.39 is 24.7 Å². The van der Waals surface area contributed by atoms with Crippen molar-refractivity contribution in [2.45, 2.75) is 32.5 Å². The van der Waals surface area contributed by atoms with Crippen molar-refractivity contribution >= 4 is 12.0 Å². The second kappa shape index (κ2) is 9.51. The third kappa shape index (κ3) is 5.95. The van der Waals surface area contributed by atoms with Crippen LogP contribution in [0.15, 0.2) is 48.5 Å². The van der Waals surface area contributed by atoms with E-state index in [1.165, 1.54) is 18.2 Å². The summed E-state index contributed by atoms with van der Waals surface area (Å²) in [4.78, 5) is 23.0. The van der Waals surface area contributed by atoms with Gasteiger partial charge in [-0.05, 0) is 30.2 Å². The summed E-state index contributed by atoms with van der Waals surface area (Å²) in [5.41, 5.74) is 1.34. The molecule has 2 aromatic rings. The average molecular weight is 378 g/mol. The van der Waals surface area contributed by atoms with Gasteiger partial charge in [0, 0.05) is 12.1 Å². The Morgan fingerprint density at radius 2 is 1.78 bits per heavy atom. The molecule has 0 fully saturated rings. The molecule has 144 valence electrons. The molecule has 2 amide bonds. The minimum absolute atomic E-state index is 0.0175. The largest absolute Gasteiger partial charge is 0.478 e. The first-order chi connectivity index (χ1) is 12.9. The Balaban J connectivity index is 1.98. The number of urea groups is 1. The van der Waals surface area contributed by atoms with E-state index in [0.29, 0.717) is 12.0 Å². The fourth-order valence-electron chi connectivity index (χ4n) is 2.53. The van der Waals surface area contributed by atoms with Crippen molar-refractivity contribution in [2.75, 3.05) is 0 Å². The lowest BCUT2D eigenvalue weighted by Gasteiger charge is -2.20. The first kappa shape index (κ1) is 20.2. The molecule has 1 unspecified atom stereocenters. The highest BCUT2D eigenvalue weighted by molar-refractivity contribution is 5.87. The molecule has 6 nitrogen and oxygen atoms in total. The highest BCUT2D eigenvalue weighted by Crippen LogP contribution is 2.28. The Morgan fingerprint density at radius 3 is 2.37 bits per heavy atom. The number of carboxylic acid groups (broad SMARTS) is 1. The summed E-state index contributed by atoms with van der Waals surface area (Å²) in [6.45, 7) is -0.947. The maximum Gasteiger partial charge on any atom is 0.387 e. The third-order valence-electron chi connectivity index (χ3n) is 3.88. The standard InChI is InChI=1S/C19H20F2N2O4/c1-2-15(14-5-3-4-6-16(14)27-18(20)21)23-19(26)22-11-12-7-9-13(10-8-12)17(24)25/h3-10,15,18H,2,11H2,1H3,(H,24,25)(H2,22,23,26). The maximum absolute atomic E-state index is 12.6. The van der Waals surface area contributed by atoms with Gasteiger partial charge in [0.05, 0.1) is 11.6 Å². The average Bonchev–Trinajstić information content (AvgIpc) is 2.65. The highest BCUT2D eigenvalue weighted by atomic mass is 19.3. The number of para-hydroxylation sites is 1. The number of nitrogens with one attached hydrogen (secondary N) is 2. The predicted octanol–water partition coefficient (Wildman–Crippen LogP) is 3.94. The second-order valence-corrected chi connectivity index (χ2v) is 5.71. The molecule has 0 aliphatic rings. The van der Waals surface area contributed by atoms with Crippen LogP contribution in [0.3, 0.4) is 0 Å². The highest BCUT2D eigenvalue weighted by Gasteiger charge is 2.18. The lowest BCUT2D eigenvalue weighted by atomic mass is 10.0. The minimum Gasteiger partial charge on any atom is -0.478 e. The number of benzene rings is 2. The Kier molecular flexibility index (Phi) is 7.10. The number of rotatable bonds is 8. The summed E-state index contributed by atoms with van der Waals surface area (Å²) >= 11 is 0. The quantitative estimate of drug-likeness (QED) is 0.649. The van der Waals surface area contributed by atoms with Crippen molar-refractivity contribution in [3.63, 3.8) is 0 Å². The Bertz CT molecular complexity index is 782. The van der Waals surface area contributed by atoms with Crippen molar-refractivity contribution in [2.24, 2.45) is 0 Å². The molecule has 0 aliphatic heterocycles. The Hall–Kier alpha value is -3.16. The van der Waals surface area contributed by atoms with E-state index in [9.17, 15) is 18.4 Å². The van der Waals surface area contributed by atoms with Crippen molar-refractivity contribution in [3.05, 3.63) is 65.2 Å². The van der Waals surface area contributed by atoms with Gasteiger partial charge in [0.2, 0.25) is 0 Å². The molecule has 0 spiro atoms. The van der Waals surface area contributed by atoms with E-state index in [1.807, 2.05) is 6.92 Å². The smallest absolute Gasteiger partial charge is 0.387 e. The van der Waals surface area contributed by atoms with Gasteiger partial charge in [-0.1, -0.05) is 37.3 Å². The first-order valence-electron chi connectivity index (χ1n) is 8.31. The van der Waals surface area contributed by atoms with E-state index in [4.69, 9.17) is 5.11 Å². The fraction of sp³-hybridized carbons (Fsp3) is 0.263. The van der Waals surface area contributed by atoms with Crippen LogP contribution in [0.4, 0.5) is 13.6 Å². The topological polar surface area (TPSA) is 87.7 Å². The summed E-state index contributed by atoms with van der Waals surface area (Å²) in [6.07, 6.45) is 0.477. The predicted molar refractivity (Wildman–Crippen MR) is 94.9 cm³/mol. The SMILES string of the molecule is CCC(NC(=O)NCc1ccc(C(=O)O)cc1)c1ccccc1OC(F)F. The van der Waals surface area contributed by atoms with Gasteiger partial charge in [0.15, 0.2) is 0 Å². The van der Waals surface area contributed by atoms with E-state index >= 15 is 0 Å². The third-order valence-corrected chi connectivity index (χ3v) is 3.88. The van der Waals surface area contributed by atoms with Crippen LogP contribution in [0.25, 0.3) is 0 Å². The van der Waals surface area contributed by atoms with Gasteiger partial charge >= 0.3 is 18.6 Å². The Labute approximate surface area is 155 Å². The van der Waals surface area contributed by atoms with Crippen LogP contribution >= 0.6 is 0 Å². The van der Waals surface area contributed by atoms with Crippen molar-refractivity contribution in [1.29, 1.82) is 0 Å². The van der Waals surface area contributed by atoms with Crippen LogP contribution in [0.1, 0.15) is 40.9 Å². The van der Waals surface area contributed by atoms with Crippen LogP contribution in [-0.4, -0.2) is 23.7 Å². The monoisotopic (exact) mass is 378 g/mol. The minimum atomic E-state index is -2.95. The summed E-state index contributed by atoms with van der Waals surface area (Å²) < 4.78 is 29.6. The molecular formula is C19H20F2N2O4. The number of alkyl halides is 2. The molecular weight excluding hydrogens is 358 g/mol. The zero-order chi connectivity index (χ0) is 19.8. The van der Waals surface area contributed by atoms with Crippen LogP contribution < -0.4 is 15.4 Å². The normalized spacial score (nSPS) is 11.7. The zero-order valence-corrected chi connectivity index (χ0v) is 14.6. The second-order valence-electron chi connectivity index (χ2n) is 5.71. The molecule has 2 aromatic carbocycles. The zero-order valence-electron chi connectivity index (χ0n) is 14.6. The summed E-state index contributed by atoms with van der Waals surface area (Å²) in [5.74, 6) is -1.01. The molecule has 0 bridgehead atoms. The van der Waals surface area contributed by atoms with Gasteiger partial charge < -0.3 is 20.5 Å². The molecule has 0 saturated heterocycles. The number of carboxylic acids is 1. The van der Waals surface area contributed by atoms with Crippen LogP contribution in [0, 0.1) is 0 Å². The van der Waals surface area contributed by atoms with Crippen molar-refractivity contribution < 1.29 is 28.2 Å². The number of halogens is 2. The fourth-order valence-corrected chi connectivity index (χ4v) is 2.53. The molecule has 8 heteroatoms. The molecule has 2 rings (SSSR count). The molecule has 1 atom stereocenters. The number of carbonyl (C=O) groups is 2. The number of hydrogen-bond acceptors (Lipinski definition) is 3. The number of carbonyl (C=O) groups excluding carboxylic acids is 1. The van der Waals surface area contributed by atoms with Crippen LogP contribution in [0.5, 0.6) is 5.75 Å². The molecule has 0 heterocycles. The van der Waals surface area contributed by atoms with E-state index in [0.717, 1.165) is 5.56 Å². The van der Waals surface area contributed by atoms with Gasteiger partial charge in [-0.2, -0.15) is 8.78 Å². The maximum atomic E-state index is 12.6. The molecule has 3 N–H and O–H groups in total. The first-order valence-corrected chi connectivity index (χ1v) is 8.31. The van der Waals surface area contributed by atoms with Gasteiger partial charge in [0.1, 0.15) is 5.75 Å². The van der Waals surface area contributed by atoms with Gasteiger partial charge in [0.25, 0.3) is 0 Å². The van der Waals surface area contributed by atoms with E-state index in [2.05, 4.69) is 15.4 Å². The number of aromatic carboxylic acids is 1. The van der Waals surface area contributed by atoms with E-state index in [-0.39, 0.29) is 17.9 Å². The van der Waals surface area contributed by atoms with Crippen molar-refractivity contribution in [1.82, 2.24) is 10.6 Å². The number of hydrogen-bond donors (Lipinski definition) is 3. The molecule has 0 aliphatic carbocycles. The Morgan fingerprint density at radius 1 is 1.11 bits per heavy atom. The molecule has 0 radical (unpaired) electrons. The van der Waals surface area contributed by atoms with Crippen molar-refractivity contribution in [3.8, 4) is 5.75 Å². The summed E-state index contributed by atoms with van der Waals surface area (Å²) in [7, 11) is 0. The van der Waals surface area contributed by atoms with Crippen LogP contribution in [-0.2, 0) is 6.54 Å².